The number of nitrogens with zero attached hydrogens (tertiary/aromatic N) is 2. The normalized spacial score (nSPS) is 17.5. The number of carboxylic acid groups (broad SMARTS) is 1. The third kappa shape index (κ3) is 4.61. The zero-order chi connectivity index (χ0) is 17.8. The lowest BCUT2D eigenvalue weighted by Crippen LogP contribution is -2.46. The van der Waals surface area contributed by atoms with E-state index in [4.69, 9.17) is 9.84 Å². The highest BCUT2D eigenvalue weighted by molar-refractivity contribution is 7.13. The maximum absolute atomic E-state index is 13.3. The molecule has 6 nitrogen and oxygen atoms in total. The average Bonchev–Trinajstić information content (AvgIpc) is 3.03. The van der Waals surface area contributed by atoms with Crippen LogP contribution in [0.3, 0.4) is 0 Å². The van der Waals surface area contributed by atoms with Crippen molar-refractivity contribution >= 4 is 23.2 Å². The molecule has 0 aliphatic carbocycles. The zero-order valence-corrected chi connectivity index (χ0v) is 14.2. The van der Waals surface area contributed by atoms with Crippen molar-refractivity contribution in [3.63, 3.8) is 0 Å². The summed E-state index contributed by atoms with van der Waals surface area (Å²) < 4.78 is 18.7. The van der Waals surface area contributed by atoms with Crippen LogP contribution in [0.5, 0.6) is 0 Å². The van der Waals surface area contributed by atoms with Gasteiger partial charge < -0.3 is 14.7 Å². The number of carbonyl (C=O) groups is 2. The minimum Gasteiger partial charge on any atom is -0.481 e. The fourth-order valence-electron chi connectivity index (χ4n) is 2.67. The summed E-state index contributed by atoms with van der Waals surface area (Å²) in [5.74, 6) is -1.39. The molecule has 1 amide bonds. The Morgan fingerprint density at radius 2 is 2.28 bits per heavy atom. The number of halogens is 1. The van der Waals surface area contributed by atoms with E-state index in [9.17, 15) is 14.0 Å². The van der Waals surface area contributed by atoms with Crippen LogP contribution in [0.4, 0.5) is 4.39 Å². The van der Waals surface area contributed by atoms with Crippen molar-refractivity contribution in [2.45, 2.75) is 18.9 Å². The molecule has 1 aliphatic rings. The first-order valence-corrected chi connectivity index (χ1v) is 8.71. The van der Waals surface area contributed by atoms with Crippen molar-refractivity contribution in [3.8, 4) is 10.6 Å². The number of aliphatic carboxylic acids is 1. The van der Waals surface area contributed by atoms with Gasteiger partial charge >= 0.3 is 5.97 Å². The molecule has 1 aromatic heterocycles. The molecule has 0 unspecified atom stereocenters. The molecule has 1 aliphatic heterocycles. The Morgan fingerprint density at radius 1 is 1.44 bits per heavy atom. The van der Waals surface area contributed by atoms with Crippen molar-refractivity contribution in [2.75, 3.05) is 19.7 Å². The van der Waals surface area contributed by atoms with Crippen LogP contribution in [0.15, 0.2) is 29.6 Å². The van der Waals surface area contributed by atoms with Gasteiger partial charge in [-0.15, -0.1) is 11.3 Å². The van der Waals surface area contributed by atoms with Gasteiger partial charge in [-0.25, -0.2) is 9.37 Å². The standard InChI is InChI=1S/C17H17FN2O4S/c18-12-3-1-2-11(6-12)17-19-13(10-25-17)7-15(21)20-4-5-24-14(9-20)8-16(22)23/h1-3,6,10,14H,4-5,7-9H2,(H,22,23)/t14-/m1/s1. The highest BCUT2D eigenvalue weighted by Gasteiger charge is 2.26. The smallest absolute Gasteiger partial charge is 0.306 e. The molecule has 0 spiro atoms. The molecule has 1 atom stereocenters. The van der Waals surface area contributed by atoms with Crippen LogP contribution in [0.25, 0.3) is 10.6 Å². The van der Waals surface area contributed by atoms with Gasteiger partial charge in [0.2, 0.25) is 5.91 Å². The van der Waals surface area contributed by atoms with E-state index < -0.39 is 12.1 Å². The lowest BCUT2D eigenvalue weighted by molar-refractivity contribution is -0.147. The van der Waals surface area contributed by atoms with Crippen LogP contribution in [0.2, 0.25) is 0 Å². The molecule has 25 heavy (non-hydrogen) atoms. The second kappa shape index (κ2) is 7.71. The highest BCUT2D eigenvalue weighted by atomic mass is 32.1. The van der Waals surface area contributed by atoms with Crippen LogP contribution >= 0.6 is 11.3 Å². The molecule has 1 saturated heterocycles. The van der Waals surface area contributed by atoms with E-state index in [-0.39, 0.29) is 31.1 Å². The largest absolute Gasteiger partial charge is 0.481 e. The van der Waals surface area contributed by atoms with Crippen molar-refractivity contribution in [2.24, 2.45) is 0 Å². The molecule has 1 aromatic carbocycles. The Bertz CT molecular complexity index is 780. The Balaban J connectivity index is 1.62. The number of benzene rings is 1. The molecule has 8 heteroatoms. The molecular formula is C17H17FN2O4S. The minimum absolute atomic E-state index is 0.116. The Hall–Kier alpha value is -2.32. The number of aromatic nitrogens is 1. The van der Waals surface area contributed by atoms with E-state index in [2.05, 4.69) is 4.98 Å². The number of amides is 1. The molecule has 0 saturated carbocycles. The molecule has 3 rings (SSSR count). The molecule has 0 bridgehead atoms. The van der Waals surface area contributed by atoms with Gasteiger partial charge in [0.1, 0.15) is 10.8 Å². The maximum Gasteiger partial charge on any atom is 0.306 e. The fourth-order valence-corrected chi connectivity index (χ4v) is 3.49. The van der Waals surface area contributed by atoms with Crippen LogP contribution in [0, 0.1) is 5.82 Å². The topological polar surface area (TPSA) is 79.7 Å². The van der Waals surface area contributed by atoms with Gasteiger partial charge in [0.05, 0.1) is 31.2 Å². The van der Waals surface area contributed by atoms with Gasteiger partial charge in [-0.05, 0) is 12.1 Å². The molecule has 0 radical (unpaired) electrons. The van der Waals surface area contributed by atoms with E-state index in [0.29, 0.717) is 29.4 Å². The summed E-state index contributed by atoms with van der Waals surface area (Å²) in [7, 11) is 0. The molecule has 2 heterocycles. The first kappa shape index (κ1) is 17.5. The van der Waals surface area contributed by atoms with Gasteiger partial charge in [0, 0.05) is 24.0 Å². The zero-order valence-electron chi connectivity index (χ0n) is 13.4. The summed E-state index contributed by atoms with van der Waals surface area (Å²) in [4.78, 5) is 29.2. The van der Waals surface area contributed by atoms with E-state index in [0.717, 1.165) is 0 Å². The second-order valence-corrected chi connectivity index (χ2v) is 6.62. The SMILES string of the molecule is O=C(O)C[C@@H]1CN(C(=O)Cc2csc(-c3cccc(F)c3)n2)CCO1. The first-order chi connectivity index (χ1) is 12.0. The quantitative estimate of drug-likeness (QED) is 0.880. The Labute approximate surface area is 147 Å². The highest BCUT2D eigenvalue weighted by Crippen LogP contribution is 2.24. The van der Waals surface area contributed by atoms with Crippen LogP contribution in [-0.4, -0.2) is 52.7 Å². The Kier molecular flexibility index (Phi) is 5.40. The number of morpholine rings is 1. The van der Waals surface area contributed by atoms with Crippen molar-refractivity contribution < 1.29 is 23.8 Å². The van der Waals surface area contributed by atoms with Crippen molar-refractivity contribution in [3.05, 3.63) is 41.2 Å². The summed E-state index contributed by atoms with van der Waals surface area (Å²) in [6.45, 7) is 1.04. The van der Waals surface area contributed by atoms with Gasteiger partial charge in [-0.3, -0.25) is 9.59 Å². The van der Waals surface area contributed by atoms with Gasteiger partial charge in [-0.2, -0.15) is 0 Å². The minimum atomic E-state index is -0.946. The van der Waals surface area contributed by atoms with Crippen LogP contribution < -0.4 is 0 Å². The van der Waals surface area contributed by atoms with E-state index >= 15 is 0 Å². The number of thiazole rings is 1. The number of carboxylic acids is 1. The van der Waals surface area contributed by atoms with Crippen molar-refractivity contribution in [1.82, 2.24) is 9.88 Å². The van der Waals surface area contributed by atoms with Gasteiger partial charge in [-0.1, -0.05) is 12.1 Å². The van der Waals surface area contributed by atoms with Crippen LogP contribution in [0.1, 0.15) is 12.1 Å². The van der Waals surface area contributed by atoms with Gasteiger partial charge in [0.15, 0.2) is 0 Å². The predicted octanol–water partition coefficient (Wildman–Crippen LogP) is 2.19. The number of ether oxygens (including phenoxy) is 1. The van der Waals surface area contributed by atoms with E-state index in [1.807, 2.05) is 0 Å². The first-order valence-electron chi connectivity index (χ1n) is 7.83. The third-order valence-electron chi connectivity index (χ3n) is 3.85. The van der Waals surface area contributed by atoms with Crippen LogP contribution in [-0.2, 0) is 20.7 Å². The monoisotopic (exact) mass is 364 g/mol. The lowest BCUT2D eigenvalue weighted by Gasteiger charge is -2.32. The maximum atomic E-state index is 13.3. The molecule has 132 valence electrons. The summed E-state index contributed by atoms with van der Waals surface area (Å²) >= 11 is 1.36. The average molecular weight is 364 g/mol. The number of hydrogen-bond donors (Lipinski definition) is 1. The lowest BCUT2D eigenvalue weighted by atomic mass is 10.2. The van der Waals surface area contributed by atoms with E-state index in [1.165, 1.54) is 23.5 Å². The third-order valence-corrected chi connectivity index (χ3v) is 4.79. The number of rotatable bonds is 5. The fraction of sp³-hybridized carbons (Fsp3) is 0.353. The van der Waals surface area contributed by atoms with Crippen molar-refractivity contribution in [1.29, 1.82) is 0 Å². The summed E-state index contributed by atoms with van der Waals surface area (Å²) in [6.07, 6.45) is -0.469. The summed E-state index contributed by atoms with van der Waals surface area (Å²) in [6, 6.07) is 6.16. The second-order valence-electron chi connectivity index (χ2n) is 5.76. The predicted molar refractivity (Wildman–Crippen MR) is 89.8 cm³/mol. The number of hydrogen-bond acceptors (Lipinski definition) is 5. The van der Waals surface area contributed by atoms with Gasteiger partial charge in [0.25, 0.3) is 0 Å². The number of carbonyl (C=O) groups excluding carboxylic acids is 1. The molecular weight excluding hydrogens is 347 g/mol. The molecule has 1 fully saturated rings. The Morgan fingerprint density at radius 3 is 3.04 bits per heavy atom. The van der Waals surface area contributed by atoms with E-state index in [1.54, 1.807) is 22.4 Å². The molecule has 2 aromatic rings. The summed E-state index contributed by atoms with van der Waals surface area (Å²) in [5.41, 5.74) is 1.30. The summed E-state index contributed by atoms with van der Waals surface area (Å²) in [5, 5.41) is 11.3. The molecule has 1 N–H and O–H groups in total.